The number of azide groups is 1. The molecule has 1 rings (SSSR count). The van der Waals surface area contributed by atoms with E-state index in [9.17, 15) is 10.1 Å². The van der Waals surface area contributed by atoms with Crippen LogP contribution in [0.15, 0.2) is 23.3 Å². The van der Waals surface area contributed by atoms with Gasteiger partial charge in [-0.2, -0.15) is 0 Å². The molecule has 0 unspecified atom stereocenters. The Labute approximate surface area is 104 Å². The number of nitro benzene ring substituents is 1. The molecule has 1 aromatic carbocycles. The molecule has 0 radical (unpaired) electrons. The fraction of sp³-hybridized carbons (Fsp3) is 0.455. The zero-order valence-electron chi connectivity index (χ0n) is 10.1. The van der Waals surface area contributed by atoms with Crippen molar-refractivity contribution in [3.8, 4) is 5.75 Å². The summed E-state index contributed by atoms with van der Waals surface area (Å²) in [6, 6.07) is 4.92. The average molecular weight is 250 g/mol. The summed E-state index contributed by atoms with van der Waals surface area (Å²) in [4.78, 5) is 13.0. The Hall–Kier alpha value is -2.27. The van der Waals surface area contributed by atoms with Crippen molar-refractivity contribution in [1.29, 1.82) is 0 Å². The molecule has 0 aliphatic rings. The first-order valence-electron chi connectivity index (χ1n) is 5.60. The number of hydrogen-bond acceptors (Lipinski definition) is 4. The molecule has 7 heteroatoms. The first kappa shape index (κ1) is 13.8. The molecule has 7 nitrogen and oxygen atoms in total. The molecule has 0 aliphatic carbocycles. The van der Waals surface area contributed by atoms with Crippen LogP contribution in [-0.2, 0) is 6.42 Å². The van der Waals surface area contributed by atoms with Crippen LogP contribution in [0.3, 0.4) is 0 Å². The maximum Gasteiger partial charge on any atom is 0.311 e. The lowest BCUT2D eigenvalue weighted by Gasteiger charge is -2.06. The van der Waals surface area contributed by atoms with E-state index in [1.807, 2.05) is 6.92 Å². The fourth-order valence-corrected chi connectivity index (χ4v) is 1.41. The van der Waals surface area contributed by atoms with E-state index in [2.05, 4.69) is 10.0 Å². The zero-order valence-corrected chi connectivity index (χ0v) is 10.1. The highest BCUT2D eigenvalue weighted by molar-refractivity contribution is 5.48. The highest BCUT2D eigenvalue weighted by Gasteiger charge is 2.15. The second-order valence-electron chi connectivity index (χ2n) is 3.57. The standard InChI is InChI=1S/C11H14N4O3/c1-2-9-4-5-11(10(8-9)15(16)17)18-7-3-6-13-14-12/h4-5,8H,2-3,6-7H2,1H3. The minimum Gasteiger partial charge on any atom is -0.487 e. The smallest absolute Gasteiger partial charge is 0.311 e. The molecule has 18 heavy (non-hydrogen) atoms. The topological polar surface area (TPSA) is 101 Å². The van der Waals surface area contributed by atoms with E-state index in [4.69, 9.17) is 10.3 Å². The van der Waals surface area contributed by atoms with Crippen molar-refractivity contribution in [3.05, 3.63) is 44.3 Å². The van der Waals surface area contributed by atoms with Gasteiger partial charge >= 0.3 is 5.69 Å². The van der Waals surface area contributed by atoms with Crippen LogP contribution in [0.5, 0.6) is 5.75 Å². The predicted octanol–water partition coefficient (Wildman–Crippen LogP) is 3.24. The van der Waals surface area contributed by atoms with Crippen molar-refractivity contribution in [1.82, 2.24) is 0 Å². The van der Waals surface area contributed by atoms with Gasteiger partial charge in [-0.3, -0.25) is 10.1 Å². The Balaban J connectivity index is 2.69. The van der Waals surface area contributed by atoms with E-state index < -0.39 is 4.92 Å². The van der Waals surface area contributed by atoms with Crippen LogP contribution < -0.4 is 4.74 Å². The quantitative estimate of drug-likeness (QED) is 0.185. The first-order valence-corrected chi connectivity index (χ1v) is 5.60. The van der Waals surface area contributed by atoms with Gasteiger partial charge in [-0.15, -0.1) is 0 Å². The summed E-state index contributed by atoms with van der Waals surface area (Å²) in [5.74, 6) is 0.248. The van der Waals surface area contributed by atoms with Gasteiger partial charge < -0.3 is 4.74 Å². The summed E-state index contributed by atoms with van der Waals surface area (Å²) < 4.78 is 5.32. The van der Waals surface area contributed by atoms with Crippen LogP contribution in [0.1, 0.15) is 18.9 Å². The van der Waals surface area contributed by atoms with E-state index >= 15 is 0 Å². The molecule has 96 valence electrons. The molecule has 0 spiro atoms. The number of benzene rings is 1. The molecule has 0 amide bonds. The van der Waals surface area contributed by atoms with Crippen molar-refractivity contribution in [2.24, 2.45) is 5.11 Å². The third-order valence-electron chi connectivity index (χ3n) is 2.35. The summed E-state index contributed by atoms with van der Waals surface area (Å²) in [6.07, 6.45) is 1.26. The maximum atomic E-state index is 10.9. The highest BCUT2D eigenvalue weighted by atomic mass is 16.6. The van der Waals surface area contributed by atoms with Gasteiger partial charge in [0, 0.05) is 17.5 Å². The third kappa shape index (κ3) is 3.95. The lowest BCUT2D eigenvalue weighted by Crippen LogP contribution is -2.02. The molecule has 0 bridgehead atoms. The zero-order chi connectivity index (χ0) is 13.4. The summed E-state index contributed by atoms with van der Waals surface area (Å²) in [5, 5.41) is 14.2. The van der Waals surface area contributed by atoms with Crippen LogP contribution >= 0.6 is 0 Å². The van der Waals surface area contributed by atoms with Crippen molar-refractivity contribution >= 4 is 5.69 Å². The Morgan fingerprint density at radius 2 is 2.33 bits per heavy atom. The van der Waals surface area contributed by atoms with Crippen LogP contribution in [0.4, 0.5) is 5.69 Å². The van der Waals surface area contributed by atoms with E-state index in [1.54, 1.807) is 12.1 Å². The van der Waals surface area contributed by atoms with Crippen LogP contribution in [-0.4, -0.2) is 18.1 Å². The predicted molar refractivity (Wildman–Crippen MR) is 66.6 cm³/mol. The van der Waals surface area contributed by atoms with Gasteiger partial charge in [-0.05, 0) is 30.0 Å². The van der Waals surface area contributed by atoms with Crippen LogP contribution in [0.2, 0.25) is 0 Å². The first-order chi connectivity index (χ1) is 8.69. The van der Waals surface area contributed by atoms with Crippen LogP contribution in [0.25, 0.3) is 10.4 Å². The summed E-state index contributed by atoms with van der Waals surface area (Å²) >= 11 is 0. The Kier molecular flexibility index (Phi) is 5.47. The number of rotatable bonds is 7. The SMILES string of the molecule is CCc1ccc(OCCCN=[N+]=[N-])c([N+](=O)[O-])c1. The minimum atomic E-state index is -0.456. The molecule has 0 saturated carbocycles. The van der Waals surface area contributed by atoms with Crippen molar-refractivity contribution < 1.29 is 9.66 Å². The number of nitrogens with zero attached hydrogens (tertiary/aromatic N) is 4. The Bertz CT molecular complexity index is 469. The number of nitro groups is 1. The van der Waals surface area contributed by atoms with E-state index in [0.717, 1.165) is 12.0 Å². The molecule has 0 heterocycles. The number of hydrogen-bond donors (Lipinski definition) is 0. The molecule has 0 aliphatic heterocycles. The third-order valence-corrected chi connectivity index (χ3v) is 2.35. The van der Waals surface area contributed by atoms with Crippen LogP contribution in [0, 0.1) is 10.1 Å². The van der Waals surface area contributed by atoms with Gasteiger partial charge in [-0.1, -0.05) is 18.1 Å². The summed E-state index contributed by atoms with van der Waals surface area (Å²) in [7, 11) is 0. The largest absolute Gasteiger partial charge is 0.487 e. The molecule has 0 N–H and O–H groups in total. The second-order valence-corrected chi connectivity index (χ2v) is 3.57. The molecular weight excluding hydrogens is 236 g/mol. The van der Waals surface area contributed by atoms with Gasteiger partial charge in [0.15, 0.2) is 5.75 Å². The molecular formula is C11H14N4O3. The molecule has 0 fully saturated rings. The summed E-state index contributed by atoms with van der Waals surface area (Å²) in [5.41, 5.74) is 8.95. The number of aryl methyl sites for hydroxylation is 1. The Morgan fingerprint density at radius 1 is 1.56 bits per heavy atom. The van der Waals surface area contributed by atoms with Crippen molar-refractivity contribution in [2.45, 2.75) is 19.8 Å². The lowest BCUT2D eigenvalue weighted by molar-refractivity contribution is -0.385. The molecule has 0 atom stereocenters. The van der Waals surface area contributed by atoms with Gasteiger partial charge in [-0.25, -0.2) is 0 Å². The normalized spacial score (nSPS) is 9.61. The fourth-order valence-electron chi connectivity index (χ4n) is 1.41. The average Bonchev–Trinajstić information content (AvgIpc) is 2.38. The Morgan fingerprint density at radius 3 is 2.94 bits per heavy atom. The summed E-state index contributed by atoms with van der Waals surface area (Å²) in [6.45, 7) is 2.53. The van der Waals surface area contributed by atoms with E-state index in [0.29, 0.717) is 13.0 Å². The van der Waals surface area contributed by atoms with E-state index in [1.165, 1.54) is 6.07 Å². The second kappa shape index (κ2) is 7.13. The number of ether oxygens (including phenoxy) is 1. The maximum absolute atomic E-state index is 10.9. The van der Waals surface area contributed by atoms with E-state index in [-0.39, 0.29) is 18.0 Å². The van der Waals surface area contributed by atoms with Gasteiger partial charge in [0.25, 0.3) is 0 Å². The van der Waals surface area contributed by atoms with Gasteiger partial charge in [0.05, 0.1) is 11.5 Å². The van der Waals surface area contributed by atoms with Gasteiger partial charge in [0.2, 0.25) is 0 Å². The minimum absolute atomic E-state index is 0.0295. The highest BCUT2D eigenvalue weighted by Crippen LogP contribution is 2.28. The monoisotopic (exact) mass is 250 g/mol. The lowest BCUT2D eigenvalue weighted by atomic mass is 10.1. The van der Waals surface area contributed by atoms with Crippen molar-refractivity contribution in [3.63, 3.8) is 0 Å². The van der Waals surface area contributed by atoms with Gasteiger partial charge in [0.1, 0.15) is 0 Å². The molecule has 0 aromatic heterocycles. The van der Waals surface area contributed by atoms with Crippen molar-refractivity contribution in [2.75, 3.05) is 13.2 Å². The molecule has 1 aromatic rings. The molecule has 0 saturated heterocycles.